The Morgan fingerprint density at radius 2 is 2.41 bits per heavy atom. The highest BCUT2D eigenvalue weighted by Crippen LogP contribution is 2.15. The average Bonchev–Trinajstić information content (AvgIpc) is 2.30. The van der Waals surface area contributed by atoms with Gasteiger partial charge in [-0.2, -0.15) is 0 Å². The number of anilines is 1. The highest BCUT2D eigenvalue weighted by atomic mass is 19.1. The number of nitrogens with zero attached hydrogens (tertiary/aromatic N) is 1. The number of methoxy groups -OCH3 is 1. The molecular weight excluding hydrogens is 231 g/mol. The predicted molar refractivity (Wildman–Crippen MR) is 57.5 cm³/mol. The van der Waals surface area contributed by atoms with Crippen LogP contribution in [0.2, 0.25) is 0 Å². The van der Waals surface area contributed by atoms with Gasteiger partial charge in [0.25, 0.3) is 0 Å². The van der Waals surface area contributed by atoms with E-state index in [-0.39, 0.29) is 19.0 Å². The van der Waals surface area contributed by atoms with E-state index in [1.807, 2.05) is 0 Å². The van der Waals surface area contributed by atoms with Crippen LogP contribution in [0.4, 0.5) is 10.2 Å². The summed E-state index contributed by atoms with van der Waals surface area (Å²) in [7, 11) is 1.43. The third-order valence-electron chi connectivity index (χ3n) is 2.05. The van der Waals surface area contributed by atoms with Crippen LogP contribution in [0.1, 0.15) is 10.4 Å². The number of halogens is 1. The number of carboxylic acids is 1. The van der Waals surface area contributed by atoms with E-state index in [4.69, 9.17) is 14.9 Å². The number of ether oxygens (including phenoxy) is 1. The number of aliphatic hydroxyl groups excluding tert-OH is 1. The monoisotopic (exact) mass is 244 g/mol. The van der Waals surface area contributed by atoms with Crippen molar-refractivity contribution in [2.24, 2.45) is 0 Å². The van der Waals surface area contributed by atoms with Crippen LogP contribution in [0.15, 0.2) is 12.3 Å². The minimum Gasteiger partial charge on any atom is -0.478 e. The standard InChI is InChI=1S/C10H13FN2O4/c1-17-5-6(4-14)13-9-8(11)7(10(15)16)2-3-12-9/h2-3,6,14H,4-5H2,1H3,(H,12,13)(H,15,16). The Balaban J connectivity index is 2.91. The normalized spacial score (nSPS) is 12.2. The summed E-state index contributed by atoms with van der Waals surface area (Å²) >= 11 is 0. The highest BCUT2D eigenvalue weighted by Gasteiger charge is 2.17. The minimum atomic E-state index is -1.37. The molecule has 0 bridgehead atoms. The lowest BCUT2D eigenvalue weighted by atomic mass is 10.2. The molecule has 0 saturated heterocycles. The van der Waals surface area contributed by atoms with Crippen molar-refractivity contribution in [3.05, 3.63) is 23.6 Å². The molecule has 3 N–H and O–H groups in total. The number of aromatic nitrogens is 1. The van der Waals surface area contributed by atoms with E-state index in [0.29, 0.717) is 0 Å². The van der Waals surface area contributed by atoms with Gasteiger partial charge in [0.1, 0.15) is 5.56 Å². The molecule has 0 aliphatic heterocycles. The number of carboxylic acid groups (broad SMARTS) is 1. The van der Waals surface area contributed by atoms with Gasteiger partial charge in [0.2, 0.25) is 0 Å². The molecule has 0 fully saturated rings. The van der Waals surface area contributed by atoms with Gasteiger partial charge >= 0.3 is 5.97 Å². The number of nitrogens with one attached hydrogen (secondary N) is 1. The van der Waals surface area contributed by atoms with Crippen LogP contribution in [0.25, 0.3) is 0 Å². The molecule has 6 nitrogen and oxygen atoms in total. The fourth-order valence-corrected chi connectivity index (χ4v) is 1.24. The summed E-state index contributed by atoms with van der Waals surface area (Å²) in [6, 6.07) is 0.513. The number of hydrogen-bond donors (Lipinski definition) is 3. The Kier molecular flexibility index (Phi) is 4.80. The Morgan fingerprint density at radius 1 is 1.71 bits per heavy atom. The fourth-order valence-electron chi connectivity index (χ4n) is 1.24. The maximum atomic E-state index is 13.6. The minimum absolute atomic E-state index is 0.148. The van der Waals surface area contributed by atoms with Crippen LogP contribution in [0.5, 0.6) is 0 Å². The number of rotatable bonds is 6. The summed E-state index contributed by atoms with van der Waals surface area (Å²) in [5.41, 5.74) is -0.475. The SMILES string of the molecule is COCC(CO)Nc1nccc(C(=O)O)c1F. The first kappa shape index (κ1) is 13.3. The van der Waals surface area contributed by atoms with Crippen molar-refractivity contribution in [3.8, 4) is 0 Å². The van der Waals surface area contributed by atoms with Crippen LogP contribution in [-0.4, -0.2) is 47.5 Å². The first-order valence-corrected chi connectivity index (χ1v) is 4.84. The molecule has 94 valence electrons. The maximum absolute atomic E-state index is 13.6. The van der Waals surface area contributed by atoms with Crippen molar-refractivity contribution in [2.75, 3.05) is 25.6 Å². The Labute approximate surface area is 97.1 Å². The molecule has 0 aliphatic rings. The summed E-state index contributed by atoms with van der Waals surface area (Å²) in [6.07, 6.45) is 1.18. The van der Waals surface area contributed by atoms with Gasteiger partial charge < -0.3 is 20.3 Å². The number of hydrogen-bond acceptors (Lipinski definition) is 5. The molecule has 7 heteroatoms. The number of pyridine rings is 1. The highest BCUT2D eigenvalue weighted by molar-refractivity contribution is 5.88. The quantitative estimate of drug-likeness (QED) is 0.668. The lowest BCUT2D eigenvalue weighted by molar-refractivity contribution is 0.0692. The first-order chi connectivity index (χ1) is 8.10. The zero-order chi connectivity index (χ0) is 12.8. The van der Waals surface area contributed by atoms with Crippen molar-refractivity contribution in [1.82, 2.24) is 4.98 Å². The smallest absolute Gasteiger partial charge is 0.338 e. The second-order valence-corrected chi connectivity index (χ2v) is 3.31. The van der Waals surface area contributed by atoms with Crippen LogP contribution >= 0.6 is 0 Å². The molecule has 1 heterocycles. The van der Waals surface area contributed by atoms with Crippen molar-refractivity contribution < 1.29 is 24.1 Å². The molecule has 0 saturated carbocycles. The van der Waals surface area contributed by atoms with Gasteiger partial charge in [-0.15, -0.1) is 0 Å². The summed E-state index contributed by atoms with van der Waals surface area (Å²) < 4.78 is 18.4. The van der Waals surface area contributed by atoms with Crippen molar-refractivity contribution >= 4 is 11.8 Å². The molecule has 17 heavy (non-hydrogen) atoms. The predicted octanol–water partition coefficient (Wildman–Crippen LogP) is 0.338. The molecule has 1 aromatic heterocycles. The summed E-state index contributed by atoms with van der Waals surface area (Å²) in [4.78, 5) is 14.4. The summed E-state index contributed by atoms with van der Waals surface area (Å²) in [6.45, 7) is -0.138. The lowest BCUT2D eigenvalue weighted by Crippen LogP contribution is -2.30. The third kappa shape index (κ3) is 3.36. The molecule has 1 unspecified atom stereocenters. The van der Waals surface area contributed by atoms with Crippen LogP contribution in [0, 0.1) is 5.82 Å². The first-order valence-electron chi connectivity index (χ1n) is 4.84. The Bertz CT molecular complexity index is 400. The molecule has 0 aliphatic carbocycles. The van der Waals surface area contributed by atoms with E-state index in [9.17, 15) is 9.18 Å². The van der Waals surface area contributed by atoms with E-state index in [0.717, 1.165) is 6.07 Å². The van der Waals surface area contributed by atoms with Crippen molar-refractivity contribution in [2.45, 2.75) is 6.04 Å². The summed E-state index contributed by atoms with van der Waals surface area (Å²) in [5.74, 6) is -2.56. The van der Waals surface area contributed by atoms with Crippen LogP contribution < -0.4 is 5.32 Å². The van der Waals surface area contributed by atoms with Gasteiger partial charge in [-0.1, -0.05) is 0 Å². The fraction of sp³-hybridized carbons (Fsp3) is 0.400. The second-order valence-electron chi connectivity index (χ2n) is 3.31. The second kappa shape index (κ2) is 6.12. The zero-order valence-electron chi connectivity index (χ0n) is 9.18. The van der Waals surface area contributed by atoms with Crippen LogP contribution in [0.3, 0.4) is 0 Å². The van der Waals surface area contributed by atoms with Gasteiger partial charge in [-0.25, -0.2) is 14.2 Å². The van der Waals surface area contributed by atoms with Gasteiger partial charge in [0, 0.05) is 13.3 Å². The molecule has 1 rings (SSSR count). The third-order valence-corrected chi connectivity index (χ3v) is 2.05. The van der Waals surface area contributed by atoms with Gasteiger partial charge in [-0.05, 0) is 6.07 Å². The van der Waals surface area contributed by atoms with E-state index >= 15 is 0 Å². The molecule has 1 aromatic rings. The van der Waals surface area contributed by atoms with Gasteiger partial charge in [0.05, 0.1) is 19.3 Å². The van der Waals surface area contributed by atoms with Crippen LogP contribution in [-0.2, 0) is 4.74 Å². The summed E-state index contributed by atoms with van der Waals surface area (Å²) in [5, 5.41) is 20.3. The largest absolute Gasteiger partial charge is 0.478 e. The average molecular weight is 244 g/mol. The van der Waals surface area contributed by atoms with Gasteiger partial charge in [-0.3, -0.25) is 0 Å². The number of aromatic carboxylic acids is 1. The van der Waals surface area contributed by atoms with E-state index < -0.39 is 23.4 Å². The van der Waals surface area contributed by atoms with Gasteiger partial charge in [0.15, 0.2) is 11.6 Å². The zero-order valence-corrected chi connectivity index (χ0v) is 9.18. The number of carbonyl (C=O) groups is 1. The van der Waals surface area contributed by atoms with E-state index in [2.05, 4.69) is 10.3 Å². The molecule has 0 spiro atoms. The maximum Gasteiger partial charge on any atom is 0.338 e. The Morgan fingerprint density at radius 3 is 2.94 bits per heavy atom. The molecule has 0 aromatic carbocycles. The van der Waals surface area contributed by atoms with E-state index in [1.54, 1.807) is 0 Å². The topological polar surface area (TPSA) is 91.7 Å². The van der Waals surface area contributed by atoms with Crippen molar-refractivity contribution in [3.63, 3.8) is 0 Å². The van der Waals surface area contributed by atoms with E-state index in [1.165, 1.54) is 13.3 Å². The van der Waals surface area contributed by atoms with Crippen molar-refractivity contribution in [1.29, 1.82) is 0 Å². The molecule has 1 atom stereocenters. The Hall–Kier alpha value is -1.73. The molecule has 0 radical (unpaired) electrons. The lowest BCUT2D eigenvalue weighted by Gasteiger charge is -2.16. The molecular formula is C10H13FN2O4. The molecule has 0 amide bonds. The number of aliphatic hydroxyl groups is 1.